The SMILES string of the molecule is COc1ccn2nc(-c3ccccc3C)nc2c1. The summed E-state index contributed by atoms with van der Waals surface area (Å²) >= 11 is 0. The Labute approximate surface area is 105 Å². The highest BCUT2D eigenvalue weighted by Crippen LogP contribution is 2.21. The lowest BCUT2D eigenvalue weighted by atomic mass is 10.1. The molecule has 0 atom stereocenters. The van der Waals surface area contributed by atoms with Crippen LogP contribution in [0.15, 0.2) is 42.6 Å². The summed E-state index contributed by atoms with van der Waals surface area (Å²) in [6.45, 7) is 2.06. The van der Waals surface area contributed by atoms with Crippen LogP contribution in [0.25, 0.3) is 17.0 Å². The predicted octanol–water partition coefficient (Wildman–Crippen LogP) is 2.71. The smallest absolute Gasteiger partial charge is 0.182 e. The first-order chi connectivity index (χ1) is 8.78. The third-order valence-electron chi connectivity index (χ3n) is 2.93. The molecule has 0 aliphatic carbocycles. The summed E-state index contributed by atoms with van der Waals surface area (Å²) in [6, 6.07) is 11.8. The van der Waals surface area contributed by atoms with Crippen LogP contribution in [0.4, 0.5) is 0 Å². The van der Waals surface area contributed by atoms with Crippen molar-refractivity contribution in [2.24, 2.45) is 0 Å². The minimum absolute atomic E-state index is 0.737. The van der Waals surface area contributed by atoms with Crippen molar-refractivity contribution in [1.29, 1.82) is 0 Å². The van der Waals surface area contributed by atoms with Crippen molar-refractivity contribution in [3.63, 3.8) is 0 Å². The van der Waals surface area contributed by atoms with Crippen molar-refractivity contribution in [2.45, 2.75) is 6.92 Å². The summed E-state index contributed by atoms with van der Waals surface area (Å²) in [5.41, 5.74) is 3.01. The van der Waals surface area contributed by atoms with Gasteiger partial charge in [-0.05, 0) is 18.6 Å². The van der Waals surface area contributed by atoms with Gasteiger partial charge in [0.2, 0.25) is 0 Å². The number of aryl methyl sites for hydroxylation is 1. The van der Waals surface area contributed by atoms with E-state index in [0.29, 0.717) is 0 Å². The van der Waals surface area contributed by atoms with Gasteiger partial charge in [-0.3, -0.25) is 0 Å². The molecule has 0 radical (unpaired) electrons. The van der Waals surface area contributed by atoms with Gasteiger partial charge >= 0.3 is 0 Å². The van der Waals surface area contributed by atoms with Gasteiger partial charge in [-0.1, -0.05) is 24.3 Å². The number of hydrogen-bond donors (Lipinski definition) is 0. The van der Waals surface area contributed by atoms with Crippen LogP contribution in [0.3, 0.4) is 0 Å². The predicted molar refractivity (Wildman–Crippen MR) is 69.7 cm³/mol. The average Bonchev–Trinajstić information content (AvgIpc) is 2.81. The van der Waals surface area contributed by atoms with Crippen LogP contribution >= 0.6 is 0 Å². The zero-order valence-corrected chi connectivity index (χ0v) is 10.3. The maximum atomic E-state index is 5.18. The van der Waals surface area contributed by atoms with E-state index in [2.05, 4.69) is 23.1 Å². The van der Waals surface area contributed by atoms with Gasteiger partial charge in [0.15, 0.2) is 11.5 Å². The van der Waals surface area contributed by atoms with E-state index in [1.165, 1.54) is 5.56 Å². The first-order valence-corrected chi connectivity index (χ1v) is 5.74. The second-order valence-electron chi connectivity index (χ2n) is 4.12. The van der Waals surface area contributed by atoms with Crippen LogP contribution < -0.4 is 4.74 Å². The molecule has 90 valence electrons. The molecule has 3 aromatic rings. The summed E-state index contributed by atoms with van der Waals surface area (Å²) in [5.74, 6) is 1.52. The van der Waals surface area contributed by atoms with Crippen LogP contribution in [0.2, 0.25) is 0 Å². The summed E-state index contributed by atoms with van der Waals surface area (Å²) in [4.78, 5) is 4.52. The maximum absolute atomic E-state index is 5.18. The van der Waals surface area contributed by atoms with Crippen molar-refractivity contribution in [2.75, 3.05) is 7.11 Å². The lowest BCUT2D eigenvalue weighted by Crippen LogP contribution is -1.89. The lowest BCUT2D eigenvalue weighted by molar-refractivity contribution is 0.414. The van der Waals surface area contributed by atoms with Crippen molar-refractivity contribution >= 4 is 5.65 Å². The molecule has 0 aliphatic rings. The monoisotopic (exact) mass is 239 g/mol. The van der Waals surface area contributed by atoms with E-state index in [1.54, 1.807) is 11.6 Å². The molecule has 4 heteroatoms. The molecule has 0 amide bonds. The molecule has 2 aromatic heterocycles. The standard InChI is InChI=1S/C14H13N3O/c1-10-5-3-4-6-12(10)14-15-13-9-11(18-2)7-8-17(13)16-14/h3-9H,1-2H3. The number of methoxy groups -OCH3 is 1. The fourth-order valence-electron chi connectivity index (χ4n) is 1.93. The second kappa shape index (κ2) is 4.14. The fourth-order valence-corrected chi connectivity index (χ4v) is 1.93. The molecular weight excluding hydrogens is 226 g/mol. The molecule has 1 aromatic carbocycles. The van der Waals surface area contributed by atoms with Crippen molar-refractivity contribution in [1.82, 2.24) is 14.6 Å². The number of ether oxygens (including phenoxy) is 1. The minimum Gasteiger partial charge on any atom is -0.497 e. The van der Waals surface area contributed by atoms with E-state index >= 15 is 0 Å². The zero-order valence-electron chi connectivity index (χ0n) is 10.3. The molecule has 4 nitrogen and oxygen atoms in total. The zero-order chi connectivity index (χ0) is 12.5. The Balaban J connectivity index is 2.17. The highest BCUT2D eigenvalue weighted by Gasteiger charge is 2.08. The van der Waals surface area contributed by atoms with E-state index < -0.39 is 0 Å². The molecular formula is C14H13N3O. The largest absolute Gasteiger partial charge is 0.497 e. The average molecular weight is 239 g/mol. The molecule has 0 N–H and O–H groups in total. The van der Waals surface area contributed by atoms with Crippen LogP contribution in [-0.2, 0) is 0 Å². The Bertz CT molecular complexity index is 703. The molecule has 0 spiro atoms. The van der Waals surface area contributed by atoms with Gasteiger partial charge in [-0.15, -0.1) is 5.10 Å². The number of pyridine rings is 1. The van der Waals surface area contributed by atoms with E-state index in [4.69, 9.17) is 4.74 Å². The Morgan fingerprint density at radius 1 is 1.17 bits per heavy atom. The van der Waals surface area contributed by atoms with E-state index in [-0.39, 0.29) is 0 Å². The molecule has 0 aliphatic heterocycles. The van der Waals surface area contributed by atoms with Crippen molar-refractivity contribution < 1.29 is 4.74 Å². The van der Waals surface area contributed by atoms with Crippen LogP contribution in [0, 0.1) is 6.92 Å². The molecule has 0 saturated carbocycles. The highest BCUT2D eigenvalue weighted by atomic mass is 16.5. The molecule has 0 unspecified atom stereocenters. The third-order valence-corrected chi connectivity index (χ3v) is 2.93. The first kappa shape index (κ1) is 10.8. The van der Waals surface area contributed by atoms with E-state index in [0.717, 1.165) is 22.8 Å². The lowest BCUT2D eigenvalue weighted by Gasteiger charge is -1.98. The molecule has 0 saturated heterocycles. The highest BCUT2D eigenvalue weighted by molar-refractivity contribution is 5.62. The Kier molecular flexibility index (Phi) is 2.48. The van der Waals surface area contributed by atoms with Gasteiger partial charge in [0.1, 0.15) is 5.75 Å². The number of rotatable bonds is 2. The van der Waals surface area contributed by atoms with Gasteiger partial charge in [-0.25, -0.2) is 9.50 Å². The number of fused-ring (bicyclic) bond motifs is 1. The minimum atomic E-state index is 0.737. The second-order valence-corrected chi connectivity index (χ2v) is 4.12. The summed E-state index contributed by atoms with van der Waals surface area (Å²) in [5, 5.41) is 4.47. The Hall–Kier alpha value is -2.36. The first-order valence-electron chi connectivity index (χ1n) is 5.74. The van der Waals surface area contributed by atoms with Crippen molar-refractivity contribution in [3.05, 3.63) is 48.2 Å². The Morgan fingerprint density at radius 2 is 2.00 bits per heavy atom. The number of hydrogen-bond acceptors (Lipinski definition) is 3. The summed E-state index contributed by atoms with van der Waals surface area (Å²) in [6.07, 6.45) is 1.85. The number of benzene rings is 1. The van der Waals surface area contributed by atoms with Crippen LogP contribution in [0.5, 0.6) is 5.75 Å². The van der Waals surface area contributed by atoms with Gasteiger partial charge < -0.3 is 4.74 Å². The summed E-state index contributed by atoms with van der Waals surface area (Å²) < 4.78 is 6.93. The van der Waals surface area contributed by atoms with Gasteiger partial charge in [0, 0.05) is 17.8 Å². The Morgan fingerprint density at radius 3 is 2.78 bits per heavy atom. The van der Waals surface area contributed by atoms with E-state index in [1.807, 2.05) is 36.5 Å². The van der Waals surface area contributed by atoms with Crippen LogP contribution in [-0.4, -0.2) is 21.7 Å². The van der Waals surface area contributed by atoms with Gasteiger partial charge in [-0.2, -0.15) is 0 Å². The molecule has 0 bridgehead atoms. The maximum Gasteiger partial charge on any atom is 0.182 e. The topological polar surface area (TPSA) is 39.4 Å². The third kappa shape index (κ3) is 1.72. The van der Waals surface area contributed by atoms with E-state index in [9.17, 15) is 0 Å². The van der Waals surface area contributed by atoms with Gasteiger partial charge in [0.05, 0.1) is 7.11 Å². The van der Waals surface area contributed by atoms with Gasteiger partial charge in [0.25, 0.3) is 0 Å². The summed E-state index contributed by atoms with van der Waals surface area (Å²) in [7, 11) is 1.64. The normalized spacial score (nSPS) is 10.8. The van der Waals surface area contributed by atoms with Crippen LogP contribution in [0.1, 0.15) is 5.56 Å². The molecule has 0 fully saturated rings. The van der Waals surface area contributed by atoms with Crippen molar-refractivity contribution in [3.8, 4) is 17.1 Å². The quantitative estimate of drug-likeness (QED) is 0.690. The fraction of sp³-hybridized carbons (Fsp3) is 0.143. The number of aromatic nitrogens is 3. The molecule has 2 heterocycles. The molecule has 18 heavy (non-hydrogen) atoms. The molecule has 3 rings (SSSR count). The number of nitrogens with zero attached hydrogens (tertiary/aromatic N) is 3.